The van der Waals surface area contributed by atoms with E-state index in [4.69, 9.17) is 4.74 Å². The molecule has 8 heteroatoms. The molecule has 0 atom stereocenters. The molecule has 0 bridgehead atoms. The first kappa shape index (κ1) is 27.5. The summed E-state index contributed by atoms with van der Waals surface area (Å²) in [4.78, 5) is 2.38. The van der Waals surface area contributed by atoms with E-state index in [9.17, 15) is 8.78 Å². The quantitative estimate of drug-likeness (QED) is 0.260. The highest BCUT2D eigenvalue weighted by Crippen LogP contribution is 2.39. The van der Waals surface area contributed by atoms with Crippen molar-refractivity contribution in [2.24, 2.45) is 0 Å². The maximum absolute atomic E-state index is 13.6. The Morgan fingerprint density at radius 3 is 2.14 bits per heavy atom. The highest BCUT2D eigenvalue weighted by Gasteiger charge is 2.21. The van der Waals surface area contributed by atoms with E-state index in [1.54, 1.807) is 40.9 Å². The minimum Gasteiger partial charge on any atom is -0.494 e. The summed E-state index contributed by atoms with van der Waals surface area (Å²) in [7, 11) is 3.69. The van der Waals surface area contributed by atoms with Crippen molar-refractivity contribution >= 4 is 59.8 Å². The first-order chi connectivity index (χ1) is 17.0. The number of rotatable bonds is 3. The van der Waals surface area contributed by atoms with E-state index < -0.39 is 0 Å². The number of hydrogen-bond acceptors (Lipinski definition) is 5. The Hall–Kier alpha value is -1.58. The number of halogens is 3. The van der Waals surface area contributed by atoms with Crippen LogP contribution in [0.25, 0.3) is 20.2 Å². The third-order valence-corrected chi connectivity index (χ3v) is 9.31. The summed E-state index contributed by atoms with van der Waals surface area (Å²) in [5, 5.41) is 10.2. The van der Waals surface area contributed by atoms with E-state index in [0.29, 0.717) is 17.6 Å². The fourth-order valence-corrected chi connectivity index (χ4v) is 7.43. The number of piperidine rings is 2. The lowest BCUT2D eigenvalue weighted by atomic mass is 9.89. The molecule has 3 nitrogen and oxygen atoms in total. The summed E-state index contributed by atoms with van der Waals surface area (Å²) in [6, 6.07) is 8.60. The Kier molecular flexibility index (Phi) is 9.39. The molecule has 0 unspecified atom stereocenters. The van der Waals surface area contributed by atoms with Crippen LogP contribution >= 0.6 is 39.7 Å². The maximum Gasteiger partial charge on any atom is 0.166 e. The number of nitrogens with one attached hydrogen (secondary N) is 1. The van der Waals surface area contributed by atoms with Crippen molar-refractivity contribution in [1.82, 2.24) is 10.2 Å². The SMILES string of the molecule is Br.CN1CCC(c2csc3cc(F)ccc23)CC1.COc1cc2c(C3CCNCC3)csc2cc1F. The lowest BCUT2D eigenvalue weighted by molar-refractivity contribution is 0.256. The van der Waals surface area contributed by atoms with Gasteiger partial charge in [0.15, 0.2) is 11.6 Å². The molecule has 194 valence electrons. The van der Waals surface area contributed by atoms with Crippen molar-refractivity contribution in [2.45, 2.75) is 37.5 Å². The summed E-state index contributed by atoms with van der Waals surface area (Å²) in [5.41, 5.74) is 2.79. The van der Waals surface area contributed by atoms with Crippen LogP contribution in [0.3, 0.4) is 0 Å². The molecule has 6 rings (SSSR count). The number of fused-ring (bicyclic) bond motifs is 2. The standard InChI is InChI=1S/C14H16FNOS.C14H16FNS.BrH/c1-17-13-6-10-11(9-2-4-16-5-3-9)8-18-14(10)7-12(13)15;1-16-6-4-10(5-7-16)13-9-17-14-8-11(15)2-3-12(13)14;/h6-9,16H,2-5H2,1H3;2-3,8-10H,4-7H2,1H3;1H. The average molecular weight is 596 g/mol. The molecule has 0 radical (unpaired) electrons. The number of thiophene rings is 2. The van der Waals surface area contributed by atoms with Gasteiger partial charge in [-0.25, -0.2) is 8.78 Å². The number of hydrogen-bond donors (Lipinski definition) is 1. The van der Waals surface area contributed by atoms with Crippen LogP contribution in [-0.2, 0) is 0 Å². The van der Waals surface area contributed by atoms with Gasteiger partial charge < -0.3 is 15.0 Å². The van der Waals surface area contributed by atoms with Crippen molar-refractivity contribution < 1.29 is 13.5 Å². The number of ether oxygens (including phenoxy) is 1. The van der Waals surface area contributed by atoms with Gasteiger partial charge in [-0.15, -0.1) is 39.7 Å². The minimum atomic E-state index is -0.274. The monoisotopic (exact) mass is 594 g/mol. The van der Waals surface area contributed by atoms with E-state index in [1.807, 2.05) is 12.1 Å². The van der Waals surface area contributed by atoms with E-state index in [0.717, 1.165) is 40.7 Å². The molecule has 2 fully saturated rings. The maximum atomic E-state index is 13.6. The zero-order chi connectivity index (χ0) is 24.4. The number of benzene rings is 2. The molecule has 0 aliphatic carbocycles. The summed E-state index contributed by atoms with van der Waals surface area (Å²) < 4.78 is 34.0. The molecule has 2 aliphatic heterocycles. The van der Waals surface area contributed by atoms with Crippen molar-refractivity contribution in [2.75, 3.05) is 40.3 Å². The van der Waals surface area contributed by atoms with Gasteiger partial charge in [-0.05, 0) is 128 Å². The van der Waals surface area contributed by atoms with Crippen LogP contribution in [0.2, 0.25) is 0 Å². The van der Waals surface area contributed by atoms with Crippen molar-refractivity contribution in [3.05, 3.63) is 63.9 Å². The van der Waals surface area contributed by atoms with Crippen LogP contribution in [0.15, 0.2) is 41.1 Å². The molecule has 0 spiro atoms. The molecule has 4 aromatic rings. The van der Waals surface area contributed by atoms with Crippen LogP contribution in [-0.4, -0.2) is 45.2 Å². The van der Waals surface area contributed by atoms with Gasteiger partial charge in [-0.2, -0.15) is 0 Å². The first-order valence-corrected chi connectivity index (χ1v) is 14.1. The molecule has 2 saturated heterocycles. The second-order valence-corrected chi connectivity index (χ2v) is 11.4. The molecular formula is C28H33BrF2N2OS2. The lowest BCUT2D eigenvalue weighted by Crippen LogP contribution is -2.29. The predicted octanol–water partition coefficient (Wildman–Crippen LogP) is 7.94. The molecule has 2 aromatic heterocycles. The molecule has 4 heterocycles. The van der Waals surface area contributed by atoms with Crippen LogP contribution in [0.4, 0.5) is 8.78 Å². The fourth-order valence-electron chi connectivity index (χ4n) is 5.31. The number of likely N-dealkylation sites (tertiary alicyclic amines) is 1. The van der Waals surface area contributed by atoms with E-state index >= 15 is 0 Å². The molecule has 0 saturated carbocycles. The highest BCUT2D eigenvalue weighted by molar-refractivity contribution is 8.93. The Labute approximate surface area is 230 Å². The van der Waals surface area contributed by atoms with Gasteiger partial charge >= 0.3 is 0 Å². The fraction of sp³-hybridized carbons (Fsp3) is 0.429. The van der Waals surface area contributed by atoms with Gasteiger partial charge in [0.05, 0.1) is 7.11 Å². The third-order valence-electron chi connectivity index (χ3n) is 7.38. The molecule has 0 amide bonds. The first-order valence-electron chi connectivity index (χ1n) is 12.3. The van der Waals surface area contributed by atoms with Gasteiger partial charge in [0.1, 0.15) is 5.82 Å². The average Bonchev–Trinajstić information content (AvgIpc) is 3.48. The zero-order valence-electron chi connectivity index (χ0n) is 20.7. The van der Waals surface area contributed by atoms with E-state index in [1.165, 1.54) is 49.6 Å². The van der Waals surface area contributed by atoms with Crippen LogP contribution < -0.4 is 10.1 Å². The largest absolute Gasteiger partial charge is 0.494 e. The molecule has 2 aliphatic rings. The van der Waals surface area contributed by atoms with Gasteiger partial charge in [-0.3, -0.25) is 0 Å². The Morgan fingerprint density at radius 2 is 1.47 bits per heavy atom. The van der Waals surface area contributed by atoms with Crippen LogP contribution in [0, 0.1) is 11.6 Å². The van der Waals surface area contributed by atoms with Crippen LogP contribution in [0.5, 0.6) is 5.75 Å². The normalized spacial score (nSPS) is 17.6. The number of methoxy groups -OCH3 is 1. The van der Waals surface area contributed by atoms with Gasteiger partial charge in [0.2, 0.25) is 0 Å². The van der Waals surface area contributed by atoms with Gasteiger partial charge in [0, 0.05) is 9.40 Å². The zero-order valence-corrected chi connectivity index (χ0v) is 24.0. The van der Waals surface area contributed by atoms with Crippen LogP contribution in [0.1, 0.15) is 48.6 Å². The third kappa shape index (κ3) is 5.94. The smallest absolute Gasteiger partial charge is 0.166 e. The lowest BCUT2D eigenvalue weighted by Gasteiger charge is -2.28. The summed E-state index contributed by atoms with van der Waals surface area (Å²) >= 11 is 3.29. The Bertz CT molecular complexity index is 1290. The summed E-state index contributed by atoms with van der Waals surface area (Å²) in [6.07, 6.45) is 4.76. The second-order valence-electron chi connectivity index (χ2n) is 9.61. The van der Waals surface area contributed by atoms with Crippen molar-refractivity contribution in [3.8, 4) is 5.75 Å². The second kappa shape index (κ2) is 12.3. The topological polar surface area (TPSA) is 24.5 Å². The van der Waals surface area contributed by atoms with E-state index in [-0.39, 0.29) is 28.6 Å². The van der Waals surface area contributed by atoms with Gasteiger partial charge in [-0.1, -0.05) is 6.07 Å². The molecule has 36 heavy (non-hydrogen) atoms. The minimum absolute atomic E-state index is 0. The molecular weight excluding hydrogens is 562 g/mol. The van der Waals surface area contributed by atoms with Crippen molar-refractivity contribution in [3.63, 3.8) is 0 Å². The highest BCUT2D eigenvalue weighted by atomic mass is 79.9. The summed E-state index contributed by atoms with van der Waals surface area (Å²) in [5.74, 6) is 1.19. The Morgan fingerprint density at radius 1 is 0.861 bits per heavy atom. The Balaban J connectivity index is 0.000000165. The van der Waals surface area contributed by atoms with Crippen molar-refractivity contribution in [1.29, 1.82) is 0 Å². The van der Waals surface area contributed by atoms with Gasteiger partial charge in [0.25, 0.3) is 0 Å². The number of nitrogens with zero attached hydrogens (tertiary/aromatic N) is 1. The molecule has 1 N–H and O–H groups in total. The summed E-state index contributed by atoms with van der Waals surface area (Å²) in [6.45, 7) is 4.48. The van der Waals surface area contributed by atoms with E-state index in [2.05, 4.69) is 28.0 Å². The predicted molar refractivity (Wildman–Crippen MR) is 155 cm³/mol. The molecule has 2 aromatic carbocycles.